The molecule has 0 aromatic heterocycles. The van der Waals surface area contributed by atoms with Crippen molar-refractivity contribution in [3.05, 3.63) is 35.9 Å². The number of hydrogen-bond acceptors (Lipinski definition) is 4. The number of nitrogens with zero attached hydrogens (tertiary/aromatic N) is 1. The van der Waals surface area contributed by atoms with Gasteiger partial charge >= 0.3 is 5.97 Å². The van der Waals surface area contributed by atoms with Crippen LogP contribution in [-0.4, -0.2) is 43.7 Å². The minimum atomic E-state index is -0.842. The molecular formula is C13H19NO3. The maximum absolute atomic E-state index is 11.7. The molecule has 0 amide bonds. The van der Waals surface area contributed by atoms with Crippen molar-refractivity contribution in [1.29, 1.82) is 0 Å². The van der Waals surface area contributed by atoms with Crippen molar-refractivity contribution < 1.29 is 14.6 Å². The first kappa shape index (κ1) is 13.7. The molecule has 4 heteroatoms. The number of aliphatic hydroxyl groups excluding tert-OH is 1. The summed E-state index contributed by atoms with van der Waals surface area (Å²) in [5.74, 6) is -0.965. The fourth-order valence-corrected chi connectivity index (χ4v) is 1.73. The van der Waals surface area contributed by atoms with Gasteiger partial charge in [0, 0.05) is 6.54 Å². The summed E-state index contributed by atoms with van der Waals surface area (Å²) in [7, 11) is 5.05. The highest BCUT2D eigenvalue weighted by Crippen LogP contribution is 2.23. The third kappa shape index (κ3) is 3.84. The number of ether oxygens (including phenoxy) is 1. The van der Waals surface area contributed by atoms with Gasteiger partial charge in [-0.3, -0.25) is 4.79 Å². The predicted octanol–water partition coefficient (Wildman–Crippen LogP) is 1.07. The van der Waals surface area contributed by atoms with Gasteiger partial charge < -0.3 is 14.7 Å². The van der Waals surface area contributed by atoms with Crippen molar-refractivity contribution in [1.82, 2.24) is 4.90 Å². The van der Waals surface area contributed by atoms with Gasteiger partial charge in [-0.25, -0.2) is 0 Å². The second-order valence-electron chi connectivity index (χ2n) is 4.25. The van der Waals surface area contributed by atoms with Gasteiger partial charge in [0.25, 0.3) is 0 Å². The quantitative estimate of drug-likeness (QED) is 0.778. The highest BCUT2D eigenvalue weighted by molar-refractivity contribution is 5.73. The van der Waals surface area contributed by atoms with E-state index in [1.54, 1.807) is 12.1 Å². The summed E-state index contributed by atoms with van der Waals surface area (Å²) in [6.07, 6.45) is -0.842. The second kappa shape index (κ2) is 6.37. The topological polar surface area (TPSA) is 49.8 Å². The highest BCUT2D eigenvalue weighted by Gasteiger charge is 2.29. The number of rotatable bonds is 5. The van der Waals surface area contributed by atoms with Crippen LogP contribution in [0.3, 0.4) is 0 Å². The van der Waals surface area contributed by atoms with Crippen molar-refractivity contribution in [2.24, 2.45) is 5.92 Å². The maximum atomic E-state index is 11.7. The number of esters is 1. The molecule has 0 heterocycles. The van der Waals surface area contributed by atoms with Gasteiger partial charge in [0.15, 0.2) is 0 Å². The number of hydrogen-bond donors (Lipinski definition) is 1. The molecule has 0 spiro atoms. The van der Waals surface area contributed by atoms with Crippen LogP contribution in [0, 0.1) is 5.92 Å². The molecule has 0 aliphatic heterocycles. The van der Waals surface area contributed by atoms with Gasteiger partial charge in [-0.15, -0.1) is 0 Å². The zero-order chi connectivity index (χ0) is 12.8. The molecule has 2 unspecified atom stereocenters. The van der Waals surface area contributed by atoms with E-state index in [0.717, 1.165) is 5.56 Å². The van der Waals surface area contributed by atoms with Crippen LogP contribution in [0.4, 0.5) is 0 Å². The van der Waals surface area contributed by atoms with Crippen LogP contribution in [0.1, 0.15) is 11.7 Å². The lowest BCUT2D eigenvalue weighted by Crippen LogP contribution is -2.33. The largest absolute Gasteiger partial charge is 0.469 e. The Hall–Kier alpha value is -1.39. The highest BCUT2D eigenvalue weighted by atomic mass is 16.5. The van der Waals surface area contributed by atoms with Gasteiger partial charge in [-0.05, 0) is 19.7 Å². The summed E-state index contributed by atoms with van der Waals surface area (Å²) in [6.45, 7) is 0.447. The summed E-state index contributed by atoms with van der Waals surface area (Å²) in [6, 6.07) is 9.15. The fourth-order valence-electron chi connectivity index (χ4n) is 1.73. The van der Waals surface area contributed by atoms with E-state index in [0.29, 0.717) is 6.54 Å². The monoisotopic (exact) mass is 237 g/mol. The zero-order valence-corrected chi connectivity index (χ0v) is 10.5. The van der Waals surface area contributed by atoms with Crippen molar-refractivity contribution in [3.63, 3.8) is 0 Å². The average Bonchev–Trinajstić information content (AvgIpc) is 2.35. The van der Waals surface area contributed by atoms with Crippen molar-refractivity contribution in [3.8, 4) is 0 Å². The van der Waals surface area contributed by atoms with E-state index in [4.69, 9.17) is 4.74 Å². The summed E-state index contributed by atoms with van der Waals surface area (Å²) < 4.78 is 4.73. The van der Waals surface area contributed by atoms with E-state index >= 15 is 0 Å². The Kier molecular flexibility index (Phi) is 5.12. The Bertz CT molecular complexity index is 351. The van der Waals surface area contributed by atoms with E-state index < -0.39 is 18.0 Å². The molecule has 1 aromatic rings. The molecule has 0 saturated carbocycles. The number of carbonyl (C=O) groups excluding carboxylic acids is 1. The Labute approximate surface area is 102 Å². The molecule has 0 bridgehead atoms. The van der Waals surface area contributed by atoms with Crippen molar-refractivity contribution >= 4 is 5.97 Å². The molecule has 0 aliphatic carbocycles. The smallest absolute Gasteiger partial charge is 0.312 e. The van der Waals surface area contributed by atoms with Crippen molar-refractivity contribution in [2.45, 2.75) is 6.10 Å². The third-order valence-electron chi connectivity index (χ3n) is 2.59. The summed E-state index contributed by atoms with van der Waals surface area (Å²) >= 11 is 0. The van der Waals surface area contributed by atoms with E-state index in [2.05, 4.69) is 0 Å². The van der Waals surface area contributed by atoms with Crippen LogP contribution in [0.2, 0.25) is 0 Å². The van der Waals surface area contributed by atoms with Crippen molar-refractivity contribution in [2.75, 3.05) is 27.7 Å². The molecule has 0 aliphatic rings. The Morgan fingerprint density at radius 3 is 2.41 bits per heavy atom. The number of aliphatic hydroxyl groups is 1. The first-order valence-corrected chi connectivity index (χ1v) is 5.51. The Morgan fingerprint density at radius 1 is 1.35 bits per heavy atom. The minimum Gasteiger partial charge on any atom is -0.469 e. The van der Waals surface area contributed by atoms with Gasteiger partial charge in [-0.2, -0.15) is 0 Å². The van der Waals surface area contributed by atoms with Crippen LogP contribution in [0.5, 0.6) is 0 Å². The summed E-state index contributed by atoms with van der Waals surface area (Å²) in [5.41, 5.74) is 0.727. The normalized spacial score (nSPS) is 14.4. The lowest BCUT2D eigenvalue weighted by Gasteiger charge is -2.23. The van der Waals surface area contributed by atoms with Crippen LogP contribution in [-0.2, 0) is 9.53 Å². The first-order valence-electron chi connectivity index (χ1n) is 5.51. The molecule has 0 radical (unpaired) electrons. The molecule has 94 valence electrons. The number of benzene rings is 1. The van der Waals surface area contributed by atoms with Crippen LogP contribution >= 0.6 is 0 Å². The van der Waals surface area contributed by atoms with Gasteiger partial charge in [0.05, 0.1) is 19.1 Å². The summed E-state index contributed by atoms with van der Waals surface area (Å²) in [4.78, 5) is 13.5. The predicted molar refractivity (Wildman–Crippen MR) is 65.5 cm³/mol. The molecule has 0 fully saturated rings. The van der Waals surface area contributed by atoms with Crippen LogP contribution in [0.15, 0.2) is 30.3 Å². The fraction of sp³-hybridized carbons (Fsp3) is 0.462. The molecule has 2 atom stereocenters. The molecule has 0 saturated heterocycles. The molecule has 1 N–H and O–H groups in total. The number of methoxy groups -OCH3 is 1. The second-order valence-corrected chi connectivity index (χ2v) is 4.25. The minimum absolute atomic E-state index is 0.393. The van der Waals surface area contributed by atoms with Crippen LogP contribution in [0.25, 0.3) is 0 Å². The summed E-state index contributed by atoms with van der Waals surface area (Å²) in [5, 5.41) is 10.2. The standard InChI is InChI=1S/C13H19NO3/c1-14(2)9-11(13(16)17-3)12(15)10-7-5-4-6-8-10/h4-8,11-12,15H,9H2,1-3H3. The lowest BCUT2D eigenvalue weighted by atomic mass is 9.95. The Balaban J connectivity index is 2.86. The van der Waals surface area contributed by atoms with Gasteiger partial charge in [0.1, 0.15) is 0 Å². The lowest BCUT2D eigenvalue weighted by molar-refractivity contribution is -0.150. The molecule has 1 rings (SSSR count). The molecule has 17 heavy (non-hydrogen) atoms. The van der Waals surface area contributed by atoms with E-state index in [-0.39, 0.29) is 0 Å². The third-order valence-corrected chi connectivity index (χ3v) is 2.59. The van der Waals surface area contributed by atoms with Gasteiger partial charge in [0.2, 0.25) is 0 Å². The van der Waals surface area contributed by atoms with Gasteiger partial charge in [-0.1, -0.05) is 30.3 Å². The molecular weight excluding hydrogens is 218 g/mol. The average molecular weight is 237 g/mol. The maximum Gasteiger partial charge on any atom is 0.312 e. The van der Waals surface area contributed by atoms with E-state index in [9.17, 15) is 9.90 Å². The molecule has 1 aromatic carbocycles. The molecule has 4 nitrogen and oxygen atoms in total. The van der Waals surface area contributed by atoms with E-state index in [1.165, 1.54) is 7.11 Å². The van der Waals surface area contributed by atoms with E-state index in [1.807, 2.05) is 37.2 Å². The van der Waals surface area contributed by atoms with Crippen LogP contribution < -0.4 is 0 Å². The number of carbonyl (C=O) groups is 1. The SMILES string of the molecule is COC(=O)C(CN(C)C)C(O)c1ccccc1. The first-order chi connectivity index (χ1) is 8.06. The Morgan fingerprint density at radius 2 is 1.94 bits per heavy atom. The zero-order valence-electron chi connectivity index (χ0n) is 10.5.